The van der Waals surface area contributed by atoms with Gasteiger partial charge in [0.2, 0.25) is 9.37 Å². The van der Waals surface area contributed by atoms with Crippen LogP contribution in [0.5, 0.6) is 0 Å². The van der Waals surface area contributed by atoms with Gasteiger partial charge in [0.05, 0.1) is 17.7 Å². The van der Waals surface area contributed by atoms with E-state index in [0.717, 1.165) is 11.3 Å². The quantitative estimate of drug-likeness (QED) is 0.385. The molecule has 8 heteroatoms. The molecule has 2 aliphatic rings. The van der Waals surface area contributed by atoms with Crippen molar-refractivity contribution in [2.24, 2.45) is 5.10 Å². The van der Waals surface area contributed by atoms with Gasteiger partial charge in [-0.3, -0.25) is 9.69 Å². The Kier molecular flexibility index (Phi) is 5.70. The van der Waals surface area contributed by atoms with Gasteiger partial charge >= 0.3 is 5.97 Å². The lowest BCUT2D eigenvalue weighted by atomic mass is 10.2. The van der Waals surface area contributed by atoms with Crippen LogP contribution < -0.4 is 9.91 Å². The van der Waals surface area contributed by atoms with Crippen molar-refractivity contribution in [3.8, 4) is 0 Å². The minimum Gasteiger partial charge on any atom is -0.464 e. The number of thioether (sulfide) groups is 2. The molecule has 0 radical (unpaired) electrons. The molecular weight excluding hydrogens is 454 g/mol. The molecule has 1 amide bonds. The first-order valence-corrected chi connectivity index (χ1v) is 11.8. The van der Waals surface area contributed by atoms with Crippen LogP contribution >= 0.6 is 23.5 Å². The standard InChI is InChI=1S/C25H19N3O3S2/c1-31-24(30)22-26-28(20-15-9-4-10-16-20)25(33-22)27(19-13-7-3-8-14-19)23(29)21(32-25)17-18-11-5-2-6-12-18/h2-17H,1H3/b21-17+. The fourth-order valence-electron chi connectivity index (χ4n) is 3.63. The number of hydrogen-bond acceptors (Lipinski definition) is 7. The molecule has 33 heavy (non-hydrogen) atoms. The number of hydrazone groups is 1. The zero-order valence-corrected chi connectivity index (χ0v) is 19.3. The average molecular weight is 474 g/mol. The highest BCUT2D eigenvalue weighted by molar-refractivity contribution is 8.29. The van der Waals surface area contributed by atoms with E-state index in [0.29, 0.717) is 10.6 Å². The number of para-hydroxylation sites is 2. The summed E-state index contributed by atoms with van der Waals surface area (Å²) in [5.41, 5.74) is 2.38. The molecule has 1 atom stereocenters. The molecule has 0 aromatic heterocycles. The molecule has 3 aromatic rings. The first-order valence-electron chi connectivity index (χ1n) is 10.2. The van der Waals surface area contributed by atoms with Crippen LogP contribution in [-0.2, 0) is 14.3 Å². The Morgan fingerprint density at radius 3 is 2.06 bits per heavy atom. The van der Waals surface area contributed by atoms with Crippen LogP contribution in [-0.4, -0.2) is 28.4 Å². The number of esters is 1. The second kappa shape index (κ2) is 8.80. The van der Waals surface area contributed by atoms with Crippen LogP contribution in [0.15, 0.2) is 101 Å². The van der Waals surface area contributed by atoms with E-state index in [1.165, 1.54) is 30.6 Å². The molecular formula is C25H19N3O3S2. The number of nitrogens with zero attached hydrogens (tertiary/aromatic N) is 3. The van der Waals surface area contributed by atoms with Gasteiger partial charge in [-0.15, -0.1) is 0 Å². The fraction of sp³-hybridized carbons (Fsp3) is 0.0800. The van der Waals surface area contributed by atoms with Crippen molar-refractivity contribution in [3.05, 3.63) is 101 Å². The lowest BCUT2D eigenvalue weighted by Crippen LogP contribution is -2.51. The number of rotatable bonds is 4. The van der Waals surface area contributed by atoms with Crippen LogP contribution in [0, 0.1) is 0 Å². The Labute approximate surface area is 199 Å². The van der Waals surface area contributed by atoms with Gasteiger partial charge in [-0.2, -0.15) is 5.10 Å². The van der Waals surface area contributed by atoms with Crippen LogP contribution in [0.2, 0.25) is 0 Å². The van der Waals surface area contributed by atoms with Gasteiger partial charge in [0, 0.05) is 5.69 Å². The number of methoxy groups -OCH3 is 1. The minimum absolute atomic E-state index is 0.162. The van der Waals surface area contributed by atoms with E-state index in [1.54, 1.807) is 9.91 Å². The molecule has 164 valence electrons. The van der Waals surface area contributed by atoms with Gasteiger partial charge in [0.1, 0.15) is 0 Å². The summed E-state index contributed by atoms with van der Waals surface area (Å²) in [6, 6.07) is 28.6. The highest BCUT2D eigenvalue weighted by atomic mass is 32.2. The second-order valence-electron chi connectivity index (χ2n) is 7.19. The molecule has 0 N–H and O–H groups in total. The molecule has 1 spiro atoms. The number of carbonyl (C=O) groups excluding carboxylic acids is 2. The lowest BCUT2D eigenvalue weighted by molar-refractivity contribution is -0.132. The second-order valence-corrected chi connectivity index (χ2v) is 9.82. The van der Waals surface area contributed by atoms with Crippen LogP contribution in [0.3, 0.4) is 0 Å². The largest absolute Gasteiger partial charge is 0.464 e. The number of carbonyl (C=O) groups is 2. The fourth-order valence-corrected chi connectivity index (χ4v) is 6.53. The summed E-state index contributed by atoms with van der Waals surface area (Å²) in [6.45, 7) is 0. The van der Waals surface area contributed by atoms with Gasteiger partial charge in [0.15, 0.2) is 0 Å². The van der Waals surface area contributed by atoms with Gasteiger partial charge in [0.25, 0.3) is 5.91 Å². The van der Waals surface area contributed by atoms with Crippen LogP contribution in [0.25, 0.3) is 6.08 Å². The van der Waals surface area contributed by atoms with Crippen molar-refractivity contribution in [3.63, 3.8) is 0 Å². The van der Waals surface area contributed by atoms with Crippen LogP contribution in [0.4, 0.5) is 11.4 Å². The highest BCUT2D eigenvalue weighted by Crippen LogP contribution is 2.59. The number of amides is 1. The summed E-state index contributed by atoms with van der Waals surface area (Å²) in [5.74, 6) is -0.704. The predicted molar refractivity (Wildman–Crippen MR) is 135 cm³/mol. The molecule has 0 saturated carbocycles. The number of hydrogen-bond donors (Lipinski definition) is 0. The smallest absolute Gasteiger partial charge is 0.365 e. The normalized spacial score (nSPS) is 21.1. The molecule has 6 nitrogen and oxygen atoms in total. The molecule has 0 bridgehead atoms. The summed E-state index contributed by atoms with van der Waals surface area (Å²) in [5, 5.41) is 6.52. The molecule has 2 heterocycles. The summed E-state index contributed by atoms with van der Waals surface area (Å²) in [6.07, 6.45) is 1.87. The zero-order chi connectivity index (χ0) is 22.8. The number of ether oxygens (including phenoxy) is 1. The van der Waals surface area contributed by atoms with Crippen molar-refractivity contribution >= 4 is 57.9 Å². The number of benzene rings is 3. The van der Waals surface area contributed by atoms with Gasteiger partial charge in [-0.25, -0.2) is 9.80 Å². The van der Waals surface area contributed by atoms with E-state index in [4.69, 9.17) is 4.74 Å². The van der Waals surface area contributed by atoms with Gasteiger partial charge < -0.3 is 4.74 Å². The van der Waals surface area contributed by atoms with E-state index < -0.39 is 10.3 Å². The first kappa shape index (κ1) is 21.4. The highest BCUT2D eigenvalue weighted by Gasteiger charge is 2.60. The topological polar surface area (TPSA) is 62.2 Å². The minimum atomic E-state index is -1.07. The monoisotopic (exact) mass is 473 g/mol. The summed E-state index contributed by atoms with van der Waals surface area (Å²) >= 11 is 2.57. The van der Waals surface area contributed by atoms with Crippen molar-refractivity contribution in [1.82, 2.24) is 0 Å². The molecule has 0 aliphatic carbocycles. The predicted octanol–water partition coefficient (Wildman–Crippen LogP) is 5.16. The van der Waals surface area contributed by atoms with E-state index >= 15 is 0 Å². The van der Waals surface area contributed by atoms with E-state index in [1.807, 2.05) is 97.1 Å². The van der Waals surface area contributed by atoms with Crippen molar-refractivity contribution in [1.29, 1.82) is 0 Å². The van der Waals surface area contributed by atoms with Gasteiger partial charge in [-0.1, -0.05) is 78.5 Å². The Hall–Kier alpha value is -3.49. The Bertz CT molecular complexity index is 1250. The molecule has 3 aromatic carbocycles. The third-order valence-corrected chi connectivity index (χ3v) is 7.80. The maximum Gasteiger partial charge on any atom is 0.365 e. The molecule has 5 rings (SSSR count). The maximum atomic E-state index is 13.8. The summed E-state index contributed by atoms with van der Waals surface area (Å²) in [4.78, 5) is 28.6. The Balaban J connectivity index is 1.68. The molecule has 1 unspecified atom stereocenters. The summed E-state index contributed by atoms with van der Waals surface area (Å²) < 4.78 is 3.90. The molecule has 1 fully saturated rings. The first-order chi connectivity index (χ1) is 16.1. The Morgan fingerprint density at radius 1 is 0.879 bits per heavy atom. The van der Waals surface area contributed by atoms with E-state index in [9.17, 15) is 9.59 Å². The van der Waals surface area contributed by atoms with E-state index in [-0.39, 0.29) is 11.0 Å². The molecule has 2 aliphatic heterocycles. The van der Waals surface area contributed by atoms with Crippen molar-refractivity contribution < 1.29 is 14.3 Å². The maximum absolute atomic E-state index is 13.8. The third kappa shape index (κ3) is 3.81. The van der Waals surface area contributed by atoms with Crippen molar-refractivity contribution in [2.75, 3.05) is 17.0 Å². The zero-order valence-electron chi connectivity index (χ0n) is 17.6. The number of anilines is 2. The average Bonchev–Trinajstić information content (AvgIpc) is 3.37. The Morgan fingerprint density at radius 2 is 1.45 bits per heavy atom. The van der Waals surface area contributed by atoms with Gasteiger partial charge in [-0.05, 0) is 47.7 Å². The SMILES string of the molecule is COC(=O)C1=NN(c2ccccc2)C2(S1)S/C(=C/c1ccccc1)C(=O)N2c1ccccc1. The third-order valence-electron chi connectivity index (χ3n) is 5.10. The van der Waals surface area contributed by atoms with E-state index in [2.05, 4.69) is 5.10 Å². The lowest BCUT2D eigenvalue weighted by Gasteiger charge is -2.38. The van der Waals surface area contributed by atoms with Crippen LogP contribution in [0.1, 0.15) is 5.56 Å². The summed E-state index contributed by atoms with van der Waals surface area (Å²) in [7, 11) is 1.33. The molecule has 1 saturated heterocycles. The van der Waals surface area contributed by atoms with Crippen molar-refractivity contribution in [2.45, 2.75) is 4.33 Å².